The molecule has 0 fully saturated rings. The van der Waals surface area contributed by atoms with Crippen LogP contribution in [0.1, 0.15) is 25.8 Å². The van der Waals surface area contributed by atoms with Crippen LogP contribution < -0.4 is 10.5 Å². The molecule has 1 atom stereocenters. The molecule has 0 saturated heterocycles. The summed E-state index contributed by atoms with van der Waals surface area (Å²) in [7, 11) is 0. The third-order valence-corrected chi connectivity index (χ3v) is 3.24. The van der Waals surface area contributed by atoms with E-state index in [1.165, 1.54) is 0 Å². The first-order valence-electron chi connectivity index (χ1n) is 5.28. The van der Waals surface area contributed by atoms with E-state index in [-0.39, 0.29) is 0 Å². The lowest BCUT2D eigenvalue weighted by atomic mass is 10.1. The minimum absolute atomic E-state index is 0.529. The van der Waals surface area contributed by atoms with E-state index in [4.69, 9.17) is 10.5 Å². The Labute approximate surface area is 99.9 Å². The van der Waals surface area contributed by atoms with E-state index in [0.717, 1.165) is 28.8 Å². The van der Waals surface area contributed by atoms with Gasteiger partial charge in [-0.15, -0.1) is 0 Å². The molecule has 0 spiro atoms. The summed E-state index contributed by atoms with van der Waals surface area (Å²) >= 11 is 3.45. The van der Waals surface area contributed by atoms with Gasteiger partial charge < -0.3 is 10.5 Å². The number of nitrogens with two attached hydrogens (primary N) is 1. The molecule has 2 N–H and O–H groups in total. The van der Waals surface area contributed by atoms with Crippen molar-refractivity contribution in [1.29, 1.82) is 0 Å². The number of halogens is 1. The second-order valence-electron chi connectivity index (χ2n) is 3.78. The second kappa shape index (κ2) is 6.13. The molecule has 2 nitrogen and oxygen atoms in total. The normalized spacial score (nSPS) is 12.5. The summed E-state index contributed by atoms with van der Waals surface area (Å²) in [5.41, 5.74) is 6.70. The lowest BCUT2D eigenvalue weighted by molar-refractivity contribution is 0.256. The highest BCUT2D eigenvalue weighted by Crippen LogP contribution is 2.22. The number of benzene rings is 1. The van der Waals surface area contributed by atoms with Crippen molar-refractivity contribution in [2.24, 2.45) is 11.7 Å². The van der Waals surface area contributed by atoms with E-state index >= 15 is 0 Å². The van der Waals surface area contributed by atoms with E-state index in [1.54, 1.807) is 0 Å². The molecular formula is C12H18BrNO. The molecule has 0 bridgehead atoms. The molecule has 0 aliphatic rings. The van der Waals surface area contributed by atoms with Crippen molar-refractivity contribution < 1.29 is 4.74 Å². The lowest BCUT2D eigenvalue weighted by Gasteiger charge is -2.12. The summed E-state index contributed by atoms with van der Waals surface area (Å²) in [4.78, 5) is 0. The molecule has 1 aromatic rings. The predicted octanol–water partition coefficient (Wildman–Crippen LogP) is 3.33. The van der Waals surface area contributed by atoms with E-state index in [1.807, 2.05) is 18.2 Å². The summed E-state index contributed by atoms with van der Waals surface area (Å²) < 4.78 is 6.72. The number of hydrogen-bond donors (Lipinski definition) is 1. The minimum atomic E-state index is 0.529. The van der Waals surface area contributed by atoms with Crippen molar-refractivity contribution in [2.45, 2.75) is 26.8 Å². The average Bonchev–Trinajstić information content (AvgIpc) is 2.27. The Balaban J connectivity index is 2.62. The van der Waals surface area contributed by atoms with Gasteiger partial charge in [0.05, 0.1) is 6.61 Å². The highest BCUT2D eigenvalue weighted by Gasteiger charge is 2.03. The van der Waals surface area contributed by atoms with Crippen LogP contribution in [0.4, 0.5) is 0 Å². The van der Waals surface area contributed by atoms with Crippen molar-refractivity contribution in [3.63, 3.8) is 0 Å². The Kier molecular flexibility index (Phi) is 5.12. The van der Waals surface area contributed by atoms with Crippen molar-refractivity contribution in [1.82, 2.24) is 0 Å². The minimum Gasteiger partial charge on any atom is -0.493 e. The van der Waals surface area contributed by atoms with Crippen LogP contribution in [-0.2, 0) is 6.54 Å². The Morgan fingerprint density at radius 1 is 1.47 bits per heavy atom. The number of ether oxygens (including phenoxy) is 1. The molecule has 0 radical (unpaired) electrons. The maximum absolute atomic E-state index is 5.68. The van der Waals surface area contributed by atoms with Crippen molar-refractivity contribution >= 4 is 15.9 Å². The fraction of sp³-hybridized carbons (Fsp3) is 0.500. The molecule has 0 aromatic heterocycles. The van der Waals surface area contributed by atoms with Crippen LogP contribution in [0.15, 0.2) is 22.7 Å². The van der Waals surface area contributed by atoms with E-state index in [9.17, 15) is 0 Å². The van der Waals surface area contributed by atoms with Gasteiger partial charge in [-0.1, -0.05) is 36.2 Å². The Morgan fingerprint density at radius 3 is 2.80 bits per heavy atom. The molecule has 0 heterocycles. The second-order valence-corrected chi connectivity index (χ2v) is 4.64. The van der Waals surface area contributed by atoms with Gasteiger partial charge in [0.15, 0.2) is 0 Å². The predicted molar refractivity (Wildman–Crippen MR) is 67.0 cm³/mol. The zero-order valence-corrected chi connectivity index (χ0v) is 10.9. The first-order chi connectivity index (χ1) is 7.17. The summed E-state index contributed by atoms with van der Waals surface area (Å²) in [6.07, 6.45) is 1.14. The molecule has 1 aromatic carbocycles. The van der Waals surface area contributed by atoms with Crippen LogP contribution in [0.2, 0.25) is 0 Å². The van der Waals surface area contributed by atoms with Crippen molar-refractivity contribution in [2.75, 3.05) is 6.61 Å². The first-order valence-corrected chi connectivity index (χ1v) is 6.08. The van der Waals surface area contributed by atoms with E-state index in [2.05, 4.69) is 29.8 Å². The Morgan fingerprint density at radius 2 is 2.20 bits per heavy atom. The zero-order valence-electron chi connectivity index (χ0n) is 9.29. The molecule has 1 unspecified atom stereocenters. The molecule has 84 valence electrons. The van der Waals surface area contributed by atoms with Gasteiger partial charge in [0.25, 0.3) is 0 Å². The molecule has 0 aliphatic heterocycles. The molecule has 0 saturated carbocycles. The van der Waals surface area contributed by atoms with Gasteiger partial charge in [-0.3, -0.25) is 0 Å². The maximum Gasteiger partial charge on any atom is 0.119 e. The highest BCUT2D eigenvalue weighted by molar-refractivity contribution is 9.10. The maximum atomic E-state index is 5.68. The average molecular weight is 272 g/mol. The largest absolute Gasteiger partial charge is 0.493 e. The Hall–Kier alpha value is -0.540. The summed E-state index contributed by atoms with van der Waals surface area (Å²) in [6.45, 7) is 5.65. The summed E-state index contributed by atoms with van der Waals surface area (Å²) in [6, 6.07) is 5.94. The van der Waals surface area contributed by atoms with Crippen LogP contribution in [-0.4, -0.2) is 6.61 Å². The van der Waals surface area contributed by atoms with Crippen LogP contribution in [0, 0.1) is 5.92 Å². The first kappa shape index (κ1) is 12.5. The van der Waals surface area contributed by atoms with Gasteiger partial charge in [-0.05, 0) is 29.7 Å². The monoisotopic (exact) mass is 271 g/mol. The van der Waals surface area contributed by atoms with Crippen LogP contribution in [0.25, 0.3) is 0 Å². The van der Waals surface area contributed by atoms with Gasteiger partial charge in [-0.25, -0.2) is 0 Å². The zero-order chi connectivity index (χ0) is 11.3. The SMILES string of the molecule is CCC(C)COc1ccc(Br)c(CN)c1. The molecule has 0 amide bonds. The summed E-state index contributed by atoms with van der Waals surface area (Å²) in [5.74, 6) is 1.49. The molecule has 15 heavy (non-hydrogen) atoms. The van der Waals surface area contributed by atoms with Gasteiger partial charge in [0.1, 0.15) is 5.75 Å². The van der Waals surface area contributed by atoms with Crippen LogP contribution in [0.3, 0.4) is 0 Å². The fourth-order valence-corrected chi connectivity index (χ4v) is 1.56. The van der Waals surface area contributed by atoms with Crippen molar-refractivity contribution in [3.05, 3.63) is 28.2 Å². The number of hydrogen-bond acceptors (Lipinski definition) is 2. The lowest BCUT2D eigenvalue weighted by Crippen LogP contribution is -2.07. The van der Waals surface area contributed by atoms with Gasteiger partial charge in [0, 0.05) is 11.0 Å². The molecule has 3 heteroatoms. The summed E-state index contributed by atoms with van der Waals surface area (Å²) in [5, 5.41) is 0. The highest BCUT2D eigenvalue weighted by atomic mass is 79.9. The molecular weight excluding hydrogens is 254 g/mol. The molecule has 0 aliphatic carbocycles. The quantitative estimate of drug-likeness (QED) is 0.892. The fourth-order valence-electron chi connectivity index (χ4n) is 1.15. The smallest absolute Gasteiger partial charge is 0.119 e. The third kappa shape index (κ3) is 3.84. The van der Waals surface area contributed by atoms with E-state index < -0.39 is 0 Å². The van der Waals surface area contributed by atoms with Gasteiger partial charge in [0.2, 0.25) is 0 Å². The number of rotatable bonds is 5. The van der Waals surface area contributed by atoms with Crippen LogP contribution in [0.5, 0.6) is 5.75 Å². The van der Waals surface area contributed by atoms with Gasteiger partial charge >= 0.3 is 0 Å². The van der Waals surface area contributed by atoms with Crippen molar-refractivity contribution in [3.8, 4) is 5.75 Å². The topological polar surface area (TPSA) is 35.2 Å². The standard InChI is InChI=1S/C12H18BrNO/c1-3-9(2)8-15-11-4-5-12(13)10(6-11)7-14/h4-6,9H,3,7-8,14H2,1-2H3. The van der Waals surface area contributed by atoms with Gasteiger partial charge in [-0.2, -0.15) is 0 Å². The Bertz CT molecular complexity index is 314. The third-order valence-electron chi connectivity index (χ3n) is 2.47. The molecule has 1 rings (SSSR count). The van der Waals surface area contributed by atoms with Crippen LogP contribution >= 0.6 is 15.9 Å². The van der Waals surface area contributed by atoms with E-state index in [0.29, 0.717) is 12.5 Å².